The van der Waals surface area contributed by atoms with Crippen molar-refractivity contribution in [3.05, 3.63) is 76.0 Å². The van der Waals surface area contributed by atoms with E-state index in [4.69, 9.17) is 16.3 Å². The second-order valence-corrected chi connectivity index (χ2v) is 7.82. The summed E-state index contributed by atoms with van der Waals surface area (Å²) in [5, 5.41) is 3.39. The van der Waals surface area contributed by atoms with Crippen LogP contribution in [0.4, 0.5) is 10.5 Å². The summed E-state index contributed by atoms with van der Waals surface area (Å²) in [6.45, 7) is 0.376. The van der Waals surface area contributed by atoms with Crippen LogP contribution < -0.4 is 10.2 Å². The van der Waals surface area contributed by atoms with Gasteiger partial charge in [-0.25, -0.2) is 9.59 Å². The van der Waals surface area contributed by atoms with Gasteiger partial charge >= 0.3 is 12.0 Å². The summed E-state index contributed by atoms with van der Waals surface area (Å²) in [4.78, 5) is 41.4. The number of fused-ring (bicyclic) bond motifs is 1. The normalized spacial score (nSPS) is 20.1. The number of nitrogens with one attached hydrogen (secondary N) is 1. The molecule has 8 heteroatoms. The van der Waals surface area contributed by atoms with Crippen molar-refractivity contribution in [3.8, 4) is 0 Å². The second kappa shape index (κ2) is 7.18. The third-order valence-electron chi connectivity index (χ3n) is 5.68. The van der Waals surface area contributed by atoms with Gasteiger partial charge in [0.15, 0.2) is 0 Å². The number of amides is 3. The van der Waals surface area contributed by atoms with E-state index < -0.39 is 18.0 Å². The number of nitrogens with zero attached hydrogens (tertiary/aromatic N) is 2. The molecule has 0 aliphatic carbocycles. The van der Waals surface area contributed by atoms with Crippen molar-refractivity contribution in [2.24, 2.45) is 0 Å². The van der Waals surface area contributed by atoms with Gasteiger partial charge in [-0.3, -0.25) is 9.69 Å². The topological polar surface area (TPSA) is 79.0 Å². The summed E-state index contributed by atoms with van der Waals surface area (Å²) in [7, 11) is 0. The summed E-state index contributed by atoms with van der Waals surface area (Å²) in [5.41, 5.74) is 3.48. The fraction of sp³-hybridized carbons (Fsp3) is 0.227. The summed E-state index contributed by atoms with van der Waals surface area (Å²) in [5.74, 6) is -0.694. The van der Waals surface area contributed by atoms with Crippen molar-refractivity contribution in [3.63, 3.8) is 0 Å². The molecule has 7 nitrogen and oxygen atoms in total. The van der Waals surface area contributed by atoms with E-state index in [9.17, 15) is 14.4 Å². The quantitative estimate of drug-likeness (QED) is 0.770. The first-order valence-corrected chi connectivity index (χ1v) is 10.0. The SMILES string of the molecule is O=C1OCC2=C1[C@@H](c1ccc(Cl)cc1)NC(=O)N2CC(=O)N1CCc2ccccc21. The molecule has 0 spiro atoms. The summed E-state index contributed by atoms with van der Waals surface area (Å²) in [6.07, 6.45) is 0.780. The predicted octanol–water partition coefficient (Wildman–Crippen LogP) is 2.81. The Kier molecular flexibility index (Phi) is 4.47. The number of benzene rings is 2. The number of carbonyl (C=O) groups excluding carboxylic acids is 3. The van der Waals surface area contributed by atoms with Crippen LogP contribution in [0.1, 0.15) is 17.2 Å². The number of ether oxygens (including phenoxy) is 1. The van der Waals surface area contributed by atoms with Crippen molar-refractivity contribution >= 4 is 35.2 Å². The van der Waals surface area contributed by atoms with Crippen LogP contribution in [0, 0.1) is 0 Å². The molecule has 2 aromatic rings. The average molecular weight is 424 g/mol. The van der Waals surface area contributed by atoms with Crippen LogP contribution in [0.5, 0.6) is 0 Å². The number of carbonyl (C=O) groups is 3. The van der Waals surface area contributed by atoms with Crippen LogP contribution in [-0.2, 0) is 20.7 Å². The molecular formula is C22H18ClN3O4. The first-order chi connectivity index (χ1) is 14.5. The summed E-state index contributed by atoms with van der Waals surface area (Å²) in [6, 6.07) is 13.6. The zero-order chi connectivity index (χ0) is 20.8. The molecule has 3 aliphatic rings. The van der Waals surface area contributed by atoms with Gasteiger partial charge in [-0.05, 0) is 35.7 Å². The molecule has 3 heterocycles. The molecule has 0 fully saturated rings. The molecule has 0 radical (unpaired) electrons. The van der Waals surface area contributed by atoms with Crippen molar-refractivity contribution in [1.82, 2.24) is 10.2 Å². The van der Waals surface area contributed by atoms with E-state index in [2.05, 4.69) is 5.32 Å². The number of hydrogen-bond acceptors (Lipinski definition) is 4. The fourth-order valence-electron chi connectivity index (χ4n) is 4.20. The smallest absolute Gasteiger partial charge is 0.338 e. The fourth-order valence-corrected chi connectivity index (χ4v) is 4.33. The van der Waals surface area contributed by atoms with Gasteiger partial charge in [0.25, 0.3) is 0 Å². The monoisotopic (exact) mass is 423 g/mol. The number of halogens is 1. The summed E-state index contributed by atoms with van der Waals surface area (Å²) >= 11 is 5.96. The second-order valence-electron chi connectivity index (χ2n) is 7.38. The van der Waals surface area contributed by atoms with Crippen LogP contribution in [0.3, 0.4) is 0 Å². The third kappa shape index (κ3) is 3.02. The Balaban J connectivity index is 1.44. The van der Waals surface area contributed by atoms with Crippen LogP contribution in [0.15, 0.2) is 59.8 Å². The van der Waals surface area contributed by atoms with E-state index in [-0.39, 0.29) is 19.1 Å². The average Bonchev–Trinajstić information content (AvgIpc) is 3.34. The molecule has 1 N–H and O–H groups in total. The minimum absolute atomic E-state index is 0.0322. The molecule has 5 rings (SSSR count). The standard InChI is InChI=1S/C22H18ClN3O4/c23-15-7-5-14(6-8-15)20-19-17(12-30-21(19)28)26(22(29)24-20)11-18(27)25-10-9-13-3-1-2-4-16(13)25/h1-8,20H,9-12H2,(H,24,29)/t20-/m1/s1. The van der Waals surface area contributed by atoms with Crippen molar-refractivity contribution < 1.29 is 19.1 Å². The van der Waals surface area contributed by atoms with E-state index in [0.717, 1.165) is 23.2 Å². The Labute approximate surface area is 177 Å². The Bertz CT molecular complexity index is 1100. The lowest BCUT2D eigenvalue weighted by molar-refractivity contribution is -0.136. The summed E-state index contributed by atoms with van der Waals surface area (Å²) < 4.78 is 5.22. The lowest BCUT2D eigenvalue weighted by Crippen LogP contribution is -2.51. The first kappa shape index (κ1) is 18.7. The van der Waals surface area contributed by atoms with Gasteiger partial charge in [-0.1, -0.05) is 41.9 Å². The van der Waals surface area contributed by atoms with E-state index in [0.29, 0.717) is 22.8 Å². The molecule has 0 saturated heterocycles. The van der Waals surface area contributed by atoms with Gasteiger partial charge in [0.1, 0.15) is 13.2 Å². The van der Waals surface area contributed by atoms with Crippen molar-refractivity contribution in [1.29, 1.82) is 0 Å². The third-order valence-corrected chi connectivity index (χ3v) is 5.94. The highest BCUT2D eigenvalue weighted by molar-refractivity contribution is 6.30. The number of cyclic esters (lactones) is 1. The van der Waals surface area contributed by atoms with Crippen LogP contribution in [0.25, 0.3) is 0 Å². The molecule has 152 valence electrons. The van der Waals surface area contributed by atoms with E-state index in [1.54, 1.807) is 29.2 Å². The molecule has 3 amide bonds. The van der Waals surface area contributed by atoms with Gasteiger partial charge in [0.2, 0.25) is 5.91 Å². The molecule has 0 unspecified atom stereocenters. The minimum atomic E-state index is -0.640. The Morgan fingerprint density at radius 1 is 1.13 bits per heavy atom. The van der Waals surface area contributed by atoms with E-state index in [1.807, 2.05) is 24.3 Å². The van der Waals surface area contributed by atoms with Gasteiger partial charge in [-0.15, -0.1) is 0 Å². The highest BCUT2D eigenvalue weighted by Crippen LogP contribution is 2.36. The van der Waals surface area contributed by atoms with Gasteiger partial charge in [0, 0.05) is 17.3 Å². The first-order valence-electron chi connectivity index (χ1n) is 9.65. The Morgan fingerprint density at radius 2 is 1.90 bits per heavy atom. The maximum Gasteiger partial charge on any atom is 0.338 e. The maximum absolute atomic E-state index is 13.0. The number of anilines is 1. The van der Waals surface area contributed by atoms with Gasteiger partial charge in [-0.2, -0.15) is 0 Å². The lowest BCUT2D eigenvalue weighted by Gasteiger charge is -2.33. The molecule has 0 bridgehead atoms. The number of hydrogen-bond donors (Lipinski definition) is 1. The molecule has 3 aliphatic heterocycles. The largest absolute Gasteiger partial charge is 0.456 e. The molecule has 2 aromatic carbocycles. The molecule has 0 aromatic heterocycles. The van der Waals surface area contributed by atoms with Crippen molar-refractivity contribution in [2.75, 3.05) is 24.6 Å². The number of para-hydroxylation sites is 1. The Morgan fingerprint density at radius 3 is 2.70 bits per heavy atom. The molecular weight excluding hydrogens is 406 g/mol. The van der Waals surface area contributed by atoms with Crippen LogP contribution >= 0.6 is 11.6 Å². The number of urea groups is 1. The van der Waals surface area contributed by atoms with Gasteiger partial charge < -0.3 is 15.0 Å². The zero-order valence-electron chi connectivity index (χ0n) is 15.9. The zero-order valence-corrected chi connectivity index (χ0v) is 16.7. The van der Waals surface area contributed by atoms with E-state index >= 15 is 0 Å². The molecule has 1 atom stereocenters. The number of esters is 1. The predicted molar refractivity (Wildman–Crippen MR) is 110 cm³/mol. The Hall–Kier alpha value is -3.32. The van der Waals surface area contributed by atoms with E-state index in [1.165, 1.54) is 4.90 Å². The van der Waals surface area contributed by atoms with Crippen molar-refractivity contribution in [2.45, 2.75) is 12.5 Å². The van der Waals surface area contributed by atoms with Gasteiger partial charge in [0.05, 0.1) is 17.3 Å². The maximum atomic E-state index is 13.0. The highest BCUT2D eigenvalue weighted by atomic mass is 35.5. The lowest BCUT2D eigenvalue weighted by atomic mass is 9.96. The number of rotatable bonds is 3. The highest BCUT2D eigenvalue weighted by Gasteiger charge is 2.43. The van der Waals surface area contributed by atoms with Crippen LogP contribution in [0.2, 0.25) is 5.02 Å². The molecule has 30 heavy (non-hydrogen) atoms. The van der Waals surface area contributed by atoms with Crippen LogP contribution in [-0.4, -0.2) is 42.5 Å². The molecule has 0 saturated carbocycles. The minimum Gasteiger partial charge on any atom is -0.456 e.